The molecule has 124 valence electrons. The second-order valence-corrected chi connectivity index (χ2v) is 6.14. The van der Waals surface area contributed by atoms with Gasteiger partial charge in [0, 0.05) is 23.4 Å². The Hall–Kier alpha value is -1.95. The van der Waals surface area contributed by atoms with Crippen LogP contribution in [-0.4, -0.2) is 24.2 Å². The second-order valence-electron chi connectivity index (χ2n) is 5.20. The fourth-order valence-electron chi connectivity index (χ4n) is 2.12. The van der Waals surface area contributed by atoms with E-state index in [0.717, 1.165) is 29.3 Å². The van der Waals surface area contributed by atoms with Crippen molar-refractivity contribution in [3.8, 4) is 5.75 Å². The zero-order valence-electron chi connectivity index (χ0n) is 13.7. The van der Waals surface area contributed by atoms with Gasteiger partial charge in [-0.15, -0.1) is 11.3 Å². The fourth-order valence-corrected chi connectivity index (χ4v) is 2.90. The highest BCUT2D eigenvalue weighted by Crippen LogP contribution is 2.14. The molecule has 0 aromatic carbocycles. The number of carbonyl (C=O) groups excluding carboxylic acids is 1. The Morgan fingerprint density at radius 2 is 2.09 bits per heavy atom. The number of carbonyl (C=O) groups is 1. The van der Waals surface area contributed by atoms with Crippen molar-refractivity contribution in [1.82, 2.24) is 4.98 Å². The fraction of sp³-hybridized carbons (Fsp3) is 0.471. The Labute approximate surface area is 140 Å². The van der Waals surface area contributed by atoms with Gasteiger partial charge in [0.15, 0.2) is 12.4 Å². The lowest BCUT2D eigenvalue weighted by Gasteiger charge is -2.07. The first-order valence-electron chi connectivity index (χ1n) is 7.85. The molecule has 0 aliphatic rings. The summed E-state index contributed by atoms with van der Waals surface area (Å²) in [5, 5.41) is 0. The molecule has 23 heavy (non-hydrogen) atoms. The summed E-state index contributed by atoms with van der Waals surface area (Å²) in [5.74, 6) is 0.587. The highest BCUT2D eigenvalue weighted by molar-refractivity contribution is 7.09. The van der Waals surface area contributed by atoms with Crippen molar-refractivity contribution >= 4 is 17.3 Å². The highest BCUT2D eigenvalue weighted by Gasteiger charge is 2.07. The molecule has 0 saturated heterocycles. The van der Waals surface area contributed by atoms with Gasteiger partial charge >= 0.3 is 5.97 Å². The standard InChI is InChI=1S/C17H23N2O3S/c1-3-8-19-9-6-15(7-10-19)21-11-12-22-17(20)5-4-16-14(2)18-13-23-16/h6-7,9-10,13H,3-5,8,11-12H2,1-2H3/q+1. The molecule has 0 saturated carbocycles. The first-order chi connectivity index (χ1) is 11.2. The molecule has 0 unspecified atom stereocenters. The van der Waals surface area contributed by atoms with Crippen LogP contribution < -0.4 is 9.30 Å². The first-order valence-corrected chi connectivity index (χ1v) is 8.73. The van der Waals surface area contributed by atoms with Crippen molar-refractivity contribution in [2.45, 2.75) is 39.7 Å². The molecular formula is C17H23N2O3S+. The molecule has 0 aliphatic carbocycles. The number of esters is 1. The minimum atomic E-state index is -0.199. The van der Waals surface area contributed by atoms with Gasteiger partial charge < -0.3 is 9.47 Å². The van der Waals surface area contributed by atoms with Crippen LogP contribution in [0.4, 0.5) is 0 Å². The molecule has 5 nitrogen and oxygen atoms in total. The molecule has 0 atom stereocenters. The van der Waals surface area contributed by atoms with Gasteiger partial charge in [-0.1, -0.05) is 6.92 Å². The number of thiazole rings is 1. The third-order valence-electron chi connectivity index (χ3n) is 3.36. The topological polar surface area (TPSA) is 52.3 Å². The summed E-state index contributed by atoms with van der Waals surface area (Å²) >= 11 is 1.58. The molecular weight excluding hydrogens is 312 g/mol. The summed E-state index contributed by atoms with van der Waals surface area (Å²) in [4.78, 5) is 17.0. The zero-order chi connectivity index (χ0) is 16.5. The van der Waals surface area contributed by atoms with Crippen LogP contribution in [0.25, 0.3) is 0 Å². The summed E-state index contributed by atoms with van der Waals surface area (Å²) in [6.07, 6.45) is 6.14. The maximum absolute atomic E-state index is 11.7. The quantitative estimate of drug-likeness (QED) is 0.402. The maximum atomic E-state index is 11.7. The monoisotopic (exact) mass is 335 g/mol. The molecule has 6 heteroatoms. The van der Waals surface area contributed by atoms with Crippen molar-refractivity contribution in [2.75, 3.05) is 13.2 Å². The Kier molecular flexibility index (Phi) is 7.00. The molecule has 2 heterocycles. The number of hydrogen-bond acceptors (Lipinski definition) is 5. The number of hydrogen-bond donors (Lipinski definition) is 0. The van der Waals surface area contributed by atoms with E-state index in [1.54, 1.807) is 16.8 Å². The number of rotatable bonds is 9. The van der Waals surface area contributed by atoms with Crippen LogP contribution >= 0.6 is 11.3 Å². The minimum Gasteiger partial charge on any atom is -0.490 e. The normalized spacial score (nSPS) is 10.5. The van der Waals surface area contributed by atoms with Crippen molar-refractivity contribution in [1.29, 1.82) is 0 Å². The van der Waals surface area contributed by atoms with Crippen molar-refractivity contribution in [3.63, 3.8) is 0 Å². The summed E-state index contributed by atoms with van der Waals surface area (Å²) in [5.41, 5.74) is 2.80. The van der Waals surface area contributed by atoms with Crippen molar-refractivity contribution < 1.29 is 18.8 Å². The minimum absolute atomic E-state index is 0.199. The van der Waals surface area contributed by atoms with E-state index >= 15 is 0 Å². The van der Waals surface area contributed by atoms with Crippen molar-refractivity contribution in [2.24, 2.45) is 0 Å². The summed E-state index contributed by atoms with van der Waals surface area (Å²) in [6.45, 7) is 5.72. The van der Waals surface area contributed by atoms with Gasteiger partial charge in [-0.05, 0) is 13.3 Å². The number of aromatic nitrogens is 2. The predicted molar refractivity (Wildman–Crippen MR) is 88.6 cm³/mol. The Morgan fingerprint density at radius 3 is 2.74 bits per heavy atom. The lowest BCUT2D eigenvalue weighted by Crippen LogP contribution is -2.31. The van der Waals surface area contributed by atoms with Crippen LogP contribution in [0, 0.1) is 6.92 Å². The Balaban J connectivity index is 1.61. The number of ether oxygens (including phenoxy) is 2. The van der Waals surface area contributed by atoms with Gasteiger partial charge in [0.2, 0.25) is 0 Å². The van der Waals surface area contributed by atoms with Gasteiger partial charge in [-0.25, -0.2) is 9.55 Å². The molecule has 2 rings (SSSR count). The largest absolute Gasteiger partial charge is 0.490 e. The van der Waals surface area contributed by atoms with Crippen LogP contribution in [0.5, 0.6) is 5.75 Å². The van der Waals surface area contributed by atoms with E-state index < -0.39 is 0 Å². The summed E-state index contributed by atoms with van der Waals surface area (Å²) in [6, 6.07) is 3.84. The van der Waals surface area contributed by atoms with Gasteiger partial charge in [-0.3, -0.25) is 4.79 Å². The lowest BCUT2D eigenvalue weighted by molar-refractivity contribution is -0.697. The van der Waals surface area contributed by atoms with Crippen LogP contribution in [0.1, 0.15) is 30.3 Å². The zero-order valence-corrected chi connectivity index (χ0v) is 14.5. The third-order valence-corrected chi connectivity index (χ3v) is 4.35. The number of aryl methyl sites for hydroxylation is 3. The van der Waals surface area contributed by atoms with Crippen LogP contribution in [0.15, 0.2) is 30.0 Å². The highest BCUT2D eigenvalue weighted by atomic mass is 32.1. The molecule has 2 aromatic heterocycles. The van der Waals surface area contributed by atoms with E-state index in [0.29, 0.717) is 19.4 Å². The van der Waals surface area contributed by atoms with Crippen LogP contribution in [-0.2, 0) is 22.5 Å². The Morgan fingerprint density at radius 1 is 1.30 bits per heavy atom. The van der Waals surface area contributed by atoms with Gasteiger partial charge in [0.1, 0.15) is 25.5 Å². The molecule has 0 amide bonds. The Bertz CT molecular complexity index is 611. The van der Waals surface area contributed by atoms with E-state index in [2.05, 4.69) is 16.5 Å². The smallest absolute Gasteiger partial charge is 0.306 e. The number of pyridine rings is 1. The van der Waals surface area contributed by atoms with Gasteiger partial charge in [-0.2, -0.15) is 0 Å². The van der Waals surface area contributed by atoms with E-state index in [4.69, 9.17) is 9.47 Å². The molecule has 0 N–H and O–H groups in total. The maximum Gasteiger partial charge on any atom is 0.306 e. The molecule has 0 bridgehead atoms. The summed E-state index contributed by atoms with van der Waals surface area (Å²) < 4.78 is 12.8. The van der Waals surface area contributed by atoms with E-state index in [1.807, 2.05) is 31.5 Å². The third kappa shape index (κ3) is 5.98. The van der Waals surface area contributed by atoms with Crippen molar-refractivity contribution in [3.05, 3.63) is 40.6 Å². The molecule has 0 aliphatic heterocycles. The van der Waals surface area contributed by atoms with E-state index in [1.165, 1.54) is 0 Å². The second kappa shape index (κ2) is 9.25. The van der Waals surface area contributed by atoms with E-state index in [-0.39, 0.29) is 12.6 Å². The van der Waals surface area contributed by atoms with E-state index in [9.17, 15) is 4.79 Å². The molecule has 0 fully saturated rings. The summed E-state index contributed by atoms with van der Waals surface area (Å²) in [7, 11) is 0. The van der Waals surface area contributed by atoms with Crippen LogP contribution in [0.2, 0.25) is 0 Å². The van der Waals surface area contributed by atoms with Gasteiger partial charge in [0.25, 0.3) is 0 Å². The lowest BCUT2D eigenvalue weighted by atomic mass is 10.2. The average Bonchev–Trinajstić information content (AvgIpc) is 2.96. The first kappa shape index (κ1) is 17.4. The molecule has 0 radical (unpaired) electrons. The predicted octanol–water partition coefficient (Wildman–Crippen LogP) is 2.70. The molecule has 0 spiro atoms. The van der Waals surface area contributed by atoms with Gasteiger partial charge in [0.05, 0.1) is 17.6 Å². The average molecular weight is 335 g/mol. The SMILES string of the molecule is CCC[n+]1ccc(OCCOC(=O)CCc2scnc2C)cc1. The number of nitrogens with zero attached hydrogens (tertiary/aromatic N) is 2. The van der Waals surface area contributed by atoms with Crippen LogP contribution in [0.3, 0.4) is 0 Å². The molecule has 2 aromatic rings.